The van der Waals surface area contributed by atoms with Gasteiger partial charge in [-0.15, -0.1) is 11.3 Å². The van der Waals surface area contributed by atoms with Gasteiger partial charge in [-0.3, -0.25) is 4.79 Å². The molecule has 2 heterocycles. The highest BCUT2D eigenvalue weighted by molar-refractivity contribution is 9.10. The number of benzene rings is 2. The summed E-state index contributed by atoms with van der Waals surface area (Å²) in [5, 5.41) is 6.20. The van der Waals surface area contributed by atoms with Crippen LogP contribution in [0.2, 0.25) is 5.02 Å². The van der Waals surface area contributed by atoms with Crippen LogP contribution in [-0.4, -0.2) is 24.1 Å². The van der Waals surface area contributed by atoms with Gasteiger partial charge in [0.15, 0.2) is 11.5 Å². The largest absolute Gasteiger partial charge is 0.486 e. The van der Waals surface area contributed by atoms with Crippen molar-refractivity contribution < 1.29 is 14.3 Å². The molecule has 3 aromatic rings. The molecule has 0 bridgehead atoms. The maximum atomic E-state index is 12.4. The zero-order valence-corrected chi connectivity index (χ0v) is 17.2. The summed E-state index contributed by atoms with van der Waals surface area (Å²) < 4.78 is 11.8. The first-order valence-corrected chi connectivity index (χ1v) is 10.2. The number of aromatic nitrogens is 1. The van der Waals surface area contributed by atoms with Gasteiger partial charge in [0.05, 0.1) is 22.8 Å². The van der Waals surface area contributed by atoms with Gasteiger partial charge in [0, 0.05) is 27.5 Å². The van der Waals surface area contributed by atoms with Crippen LogP contribution < -0.4 is 14.8 Å². The summed E-state index contributed by atoms with van der Waals surface area (Å²) in [6, 6.07) is 11.1. The Balaban J connectivity index is 1.47. The van der Waals surface area contributed by atoms with E-state index in [0.29, 0.717) is 41.1 Å². The molecule has 0 fully saturated rings. The average Bonchev–Trinajstić information content (AvgIpc) is 3.10. The molecule has 1 aromatic heterocycles. The van der Waals surface area contributed by atoms with Crippen LogP contribution in [0.1, 0.15) is 5.69 Å². The molecule has 5 nitrogen and oxygen atoms in total. The Labute approximate surface area is 173 Å². The Kier molecular flexibility index (Phi) is 5.33. The topological polar surface area (TPSA) is 60.5 Å². The van der Waals surface area contributed by atoms with Crippen LogP contribution in [0.3, 0.4) is 0 Å². The Bertz CT molecular complexity index is 1010. The molecule has 1 aliphatic rings. The number of nitrogens with one attached hydrogen (secondary N) is 1. The predicted octanol–water partition coefficient (Wildman–Crippen LogP) is 5.18. The summed E-state index contributed by atoms with van der Waals surface area (Å²) in [5.41, 5.74) is 2.19. The molecule has 0 atom stereocenters. The van der Waals surface area contributed by atoms with E-state index in [4.69, 9.17) is 21.1 Å². The van der Waals surface area contributed by atoms with E-state index in [2.05, 4.69) is 26.2 Å². The highest BCUT2D eigenvalue weighted by Crippen LogP contribution is 2.38. The molecule has 4 rings (SSSR count). The molecule has 1 aliphatic heterocycles. The van der Waals surface area contributed by atoms with Crippen LogP contribution in [0, 0.1) is 0 Å². The number of hydrogen-bond donors (Lipinski definition) is 1. The van der Waals surface area contributed by atoms with Crippen LogP contribution in [0.25, 0.3) is 10.6 Å². The summed E-state index contributed by atoms with van der Waals surface area (Å²) in [4.78, 5) is 17.0. The molecular formula is C19H14BrClN2O3S. The van der Waals surface area contributed by atoms with Crippen LogP contribution >= 0.6 is 38.9 Å². The van der Waals surface area contributed by atoms with Crippen molar-refractivity contribution in [2.24, 2.45) is 0 Å². The maximum absolute atomic E-state index is 12.4. The first-order chi connectivity index (χ1) is 13.1. The molecule has 0 radical (unpaired) electrons. The molecule has 0 saturated heterocycles. The Hall–Kier alpha value is -2.09. The minimum Gasteiger partial charge on any atom is -0.486 e. The molecule has 0 unspecified atom stereocenters. The van der Waals surface area contributed by atoms with E-state index in [1.807, 2.05) is 29.6 Å². The van der Waals surface area contributed by atoms with Gasteiger partial charge in [-0.1, -0.05) is 29.8 Å². The van der Waals surface area contributed by atoms with Crippen molar-refractivity contribution in [3.8, 4) is 22.1 Å². The Morgan fingerprint density at radius 3 is 2.74 bits per heavy atom. The van der Waals surface area contributed by atoms with E-state index in [1.165, 1.54) is 11.3 Å². The smallest absolute Gasteiger partial charge is 0.230 e. The Morgan fingerprint density at radius 2 is 1.96 bits per heavy atom. The van der Waals surface area contributed by atoms with Gasteiger partial charge in [0.2, 0.25) is 5.91 Å². The highest BCUT2D eigenvalue weighted by Gasteiger charge is 2.17. The van der Waals surface area contributed by atoms with E-state index >= 15 is 0 Å². The lowest BCUT2D eigenvalue weighted by Crippen LogP contribution is -2.17. The lowest BCUT2D eigenvalue weighted by molar-refractivity contribution is -0.115. The van der Waals surface area contributed by atoms with Crippen molar-refractivity contribution in [3.05, 3.63) is 57.0 Å². The number of anilines is 1. The summed E-state index contributed by atoms with van der Waals surface area (Å²) >= 11 is 11.1. The zero-order chi connectivity index (χ0) is 18.8. The molecule has 1 N–H and O–H groups in total. The Morgan fingerprint density at radius 1 is 1.22 bits per heavy atom. The third kappa shape index (κ3) is 4.10. The third-order valence-corrected chi connectivity index (χ3v) is 5.81. The summed E-state index contributed by atoms with van der Waals surface area (Å²) in [6.45, 7) is 1.01. The molecule has 0 saturated carbocycles. The lowest BCUT2D eigenvalue weighted by Gasteiger charge is -2.20. The van der Waals surface area contributed by atoms with Crippen molar-refractivity contribution in [1.82, 2.24) is 4.98 Å². The number of nitrogens with zero attached hydrogens (tertiary/aromatic N) is 1. The van der Waals surface area contributed by atoms with Gasteiger partial charge >= 0.3 is 0 Å². The summed E-state index contributed by atoms with van der Waals surface area (Å²) in [5.74, 6) is 1.12. The molecule has 8 heteroatoms. The van der Waals surface area contributed by atoms with Crippen molar-refractivity contribution in [2.45, 2.75) is 6.42 Å². The van der Waals surface area contributed by atoms with Crippen molar-refractivity contribution >= 4 is 50.5 Å². The van der Waals surface area contributed by atoms with E-state index in [0.717, 1.165) is 15.0 Å². The molecule has 1 amide bonds. The van der Waals surface area contributed by atoms with E-state index in [1.54, 1.807) is 12.1 Å². The fourth-order valence-corrected chi connectivity index (χ4v) is 4.23. The quantitative estimate of drug-likeness (QED) is 0.577. The number of carbonyl (C=O) groups is 1. The van der Waals surface area contributed by atoms with Gasteiger partial charge in [-0.2, -0.15) is 0 Å². The molecular weight excluding hydrogens is 452 g/mol. The van der Waals surface area contributed by atoms with Crippen LogP contribution in [0.4, 0.5) is 5.69 Å². The third-order valence-electron chi connectivity index (χ3n) is 3.90. The number of carbonyl (C=O) groups excluding carboxylic acids is 1. The number of halogens is 2. The van der Waals surface area contributed by atoms with E-state index < -0.39 is 0 Å². The summed E-state index contributed by atoms with van der Waals surface area (Å²) in [7, 11) is 0. The molecule has 0 spiro atoms. The summed E-state index contributed by atoms with van der Waals surface area (Å²) in [6.07, 6.45) is 0.168. The monoisotopic (exact) mass is 464 g/mol. The number of hydrogen-bond acceptors (Lipinski definition) is 5. The SMILES string of the molecule is O=C(Cc1csc(-c2ccccc2Cl)n1)Nc1cc2c(cc1Br)OCCO2. The standard InChI is InChI=1S/C19H14BrClN2O3S/c20-13-8-16-17(26-6-5-25-16)9-15(13)23-18(24)7-11-10-27-19(22-11)12-3-1-2-4-14(12)21/h1-4,8-10H,5-7H2,(H,23,24). The predicted molar refractivity (Wildman–Crippen MR) is 110 cm³/mol. The number of rotatable bonds is 4. The van der Waals surface area contributed by atoms with Gasteiger partial charge < -0.3 is 14.8 Å². The van der Waals surface area contributed by atoms with E-state index in [-0.39, 0.29) is 12.3 Å². The molecule has 138 valence electrons. The van der Waals surface area contributed by atoms with Gasteiger partial charge in [0.25, 0.3) is 0 Å². The van der Waals surface area contributed by atoms with Crippen molar-refractivity contribution in [1.29, 1.82) is 0 Å². The number of thiazole rings is 1. The number of amides is 1. The number of ether oxygens (including phenoxy) is 2. The number of fused-ring (bicyclic) bond motifs is 1. The minimum atomic E-state index is -0.164. The average molecular weight is 466 g/mol. The molecule has 0 aliphatic carbocycles. The zero-order valence-electron chi connectivity index (χ0n) is 14.0. The fourth-order valence-electron chi connectivity index (χ4n) is 2.67. The van der Waals surface area contributed by atoms with Gasteiger partial charge in [0.1, 0.15) is 18.2 Å². The highest BCUT2D eigenvalue weighted by atomic mass is 79.9. The van der Waals surface area contributed by atoms with Crippen molar-refractivity contribution in [2.75, 3.05) is 18.5 Å². The molecule has 27 heavy (non-hydrogen) atoms. The second kappa shape index (κ2) is 7.88. The van der Waals surface area contributed by atoms with E-state index in [9.17, 15) is 4.79 Å². The second-order valence-electron chi connectivity index (χ2n) is 5.82. The minimum absolute atomic E-state index is 0.164. The lowest BCUT2D eigenvalue weighted by atomic mass is 10.2. The van der Waals surface area contributed by atoms with Crippen molar-refractivity contribution in [3.63, 3.8) is 0 Å². The molecule has 2 aromatic carbocycles. The first kappa shape index (κ1) is 18.3. The maximum Gasteiger partial charge on any atom is 0.230 e. The second-order valence-corrected chi connectivity index (χ2v) is 7.94. The van der Waals surface area contributed by atoms with Crippen LogP contribution in [0.15, 0.2) is 46.3 Å². The van der Waals surface area contributed by atoms with Crippen LogP contribution in [0.5, 0.6) is 11.5 Å². The first-order valence-electron chi connectivity index (χ1n) is 8.18. The fraction of sp³-hybridized carbons (Fsp3) is 0.158. The van der Waals surface area contributed by atoms with Crippen LogP contribution in [-0.2, 0) is 11.2 Å². The van der Waals surface area contributed by atoms with Gasteiger partial charge in [-0.05, 0) is 22.0 Å². The van der Waals surface area contributed by atoms with Gasteiger partial charge in [-0.25, -0.2) is 4.98 Å². The normalized spacial score (nSPS) is 12.7.